The molecule has 2 fully saturated rings. The largest absolute Gasteiger partial charge is 0.369 e. The maximum absolute atomic E-state index is 6.27. The summed E-state index contributed by atoms with van der Waals surface area (Å²) in [6.07, 6.45) is 7.26. The third kappa shape index (κ3) is 2.52. The number of rotatable bonds is 4. The summed E-state index contributed by atoms with van der Waals surface area (Å²) in [6, 6.07) is 1.93. The van der Waals surface area contributed by atoms with E-state index < -0.39 is 0 Å². The Bertz CT molecular complexity index is 738. The van der Waals surface area contributed by atoms with Crippen LogP contribution >= 0.6 is 11.6 Å². The smallest absolute Gasteiger partial charge is 0.164 e. The van der Waals surface area contributed by atoms with Gasteiger partial charge in [-0.05, 0) is 25.3 Å². The molecule has 2 saturated heterocycles. The molecule has 0 aliphatic carbocycles. The van der Waals surface area contributed by atoms with Crippen molar-refractivity contribution < 1.29 is 4.74 Å². The summed E-state index contributed by atoms with van der Waals surface area (Å²) in [5.74, 6) is 0.551. The van der Waals surface area contributed by atoms with Gasteiger partial charge in [-0.15, -0.1) is 6.58 Å². The lowest BCUT2D eigenvalue weighted by Crippen LogP contribution is -2.45. The van der Waals surface area contributed by atoms with Crippen LogP contribution in [0.25, 0.3) is 11.0 Å². The number of anilines is 1. The molecule has 4 rings (SSSR count). The Morgan fingerprint density at radius 2 is 2.26 bits per heavy atom. The third-order valence-electron chi connectivity index (χ3n) is 4.91. The first-order valence-corrected chi connectivity index (χ1v) is 8.64. The van der Waals surface area contributed by atoms with Crippen LogP contribution in [0.1, 0.15) is 32.4 Å². The number of hydrogen-bond acceptors (Lipinski definition) is 4. The predicted molar refractivity (Wildman–Crippen MR) is 91.9 cm³/mol. The monoisotopic (exact) mass is 332 g/mol. The fourth-order valence-electron chi connectivity index (χ4n) is 3.47. The molecule has 2 atom stereocenters. The van der Waals surface area contributed by atoms with Gasteiger partial charge in [0.1, 0.15) is 5.15 Å². The molecule has 4 heterocycles. The van der Waals surface area contributed by atoms with Gasteiger partial charge in [-0.3, -0.25) is 0 Å². The van der Waals surface area contributed by atoms with Gasteiger partial charge in [0.15, 0.2) is 11.9 Å². The number of halogens is 1. The molecule has 0 N–H and O–H groups in total. The van der Waals surface area contributed by atoms with Crippen molar-refractivity contribution >= 4 is 28.3 Å². The number of ether oxygens (including phenoxy) is 1. The Balaban J connectivity index is 1.69. The van der Waals surface area contributed by atoms with Gasteiger partial charge in [-0.1, -0.05) is 24.6 Å². The van der Waals surface area contributed by atoms with E-state index in [9.17, 15) is 0 Å². The molecule has 2 aliphatic heterocycles. The third-order valence-corrected chi connectivity index (χ3v) is 5.10. The standard InChI is InChI=1S/C17H21ClN4O/c1-3-11-9-21(10-11)14-7-15(18)20-17-13(14)8-19-22(17)16-6-5-12(4-2)23-16/h3,7-8,11-12,16H,1,4-6,9-10H2,2H3. The van der Waals surface area contributed by atoms with E-state index in [0.717, 1.165) is 49.1 Å². The maximum Gasteiger partial charge on any atom is 0.164 e. The number of pyridine rings is 1. The minimum Gasteiger partial charge on any atom is -0.369 e. The van der Waals surface area contributed by atoms with Crippen molar-refractivity contribution in [3.63, 3.8) is 0 Å². The van der Waals surface area contributed by atoms with Crippen LogP contribution in [-0.2, 0) is 4.74 Å². The summed E-state index contributed by atoms with van der Waals surface area (Å²) in [6.45, 7) is 7.97. The van der Waals surface area contributed by atoms with Crippen LogP contribution in [0.15, 0.2) is 24.9 Å². The van der Waals surface area contributed by atoms with Crippen LogP contribution in [0, 0.1) is 5.92 Å². The Kier molecular flexibility index (Phi) is 3.77. The van der Waals surface area contributed by atoms with Crippen LogP contribution in [0.3, 0.4) is 0 Å². The van der Waals surface area contributed by atoms with E-state index in [1.807, 2.05) is 23.0 Å². The molecule has 2 aliphatic rings. The highest BCUT2D eigenvalue weighted by molar-refractivity contribution is 6.30. The van der Waals surface area contributed by atoms with Crippen molar-refractivity contribution in [2.24, 2.45) is 5.92 Å². The molecule has 2 aromatic heterocycles. The molecule has 122 valence electrons. The lowest BCUT2D eigenvalue weighted by atomic mass is 9.99. The molecule has 0 saturated carbocycles. The molecule has 0 radical (unpaired) electrons. The van der Waals surface area contributed by atoms with Crippen LogP contribution in [-0.4, -0.2) is 34.0 Å². The highest BCUT2D eigenvalue weighted by Gasteiger charge is 2.30. The molecule has 0 amide bonds. The van der Waals surface area contributed by atoms with Crippen molar-refractivity contribution in [3.8, 4) is 0 Å². The second-order valence-corrected chi connectivity index (χ2v) is 6.78. The highest BCUT2D eigenvalue weighted by atomic mass is 35.5. The summed E-state index contributed by atoms with van der Waals surface area (Å²) in [5.41, 5.74) is 1.92. The first-order valence-electron chi connectivity index (χ1n) is 8.26. The summed E-state index contributed by atoms with van der Waals surface area (Å²) in [7, 11) is 0. The predicted octanol–water partition coefficient (Wildman–Crippen LogP) is 3.79. The van der Waals surface area contributed by atoms with Gasteiger partial charge >= 0.3 is 0 Å². The van der Waals surface area contributed by atoms with Gasteiger partial charge in [0, 0.05) is 19.0 Å². The average Bonchev–Trinajstić information content (AvgIpc) is 3.11. The molecule has 23 heavy (non-hydrogen) atoms. The molecule has 0 aromatic carbocycles. The number of fused-ring (bicyclic) bond motifs is 1. The van der Waals surface area contributed by atoms with Crippen molar-refractivity contribution in [3.05, 3.63) is 30.1 Å². The van der Waals surface area contributed by atoms with Crippen molar-refractivity contribution in [2.45, 2.75) is 38.5 Å². The van der Waals surface area contributed by atoms with E-state index in [1.165, 1.54) is 0 Å². The van der Waals surface area contributed by atoms with Crippen LogP contribution in [0.5, 0.6) is 0 Å². The van der Waals surface area contributed by atoms with Crippen LogP contribution in [0.2, 0.25) is 5.15 Å². The Hall–Kier alpha value is -1.59. The summed E-state index contributed by atoms with van der Waals surface area (Å²) in [5, 5.41) is 6.09. The molecule has 5 nitrogen and oxygen atoms in total. The van der Waals surface area contributed by atoms with E-state index in [0.29, 0.717) is 17.2 Å². The number of hydrogen-bond donors (Lipinski definition) is 0. The van der Waals surface area contributed by atoms with Crippen molar-refractivity contribution in [1.82, 2.24) is 14.8 Å². The molecular weight excluding hydrogens is 312 g/mol. The average molecular weight is 333 g/mol. The van der Waals surface area contributed by atoms with E-state index in [-0.39, 0.29) is 6.23 Å². The Morgan fingerprint density at radius 3 is 2.96 bits per heavy atom. The first kappa shape index (κ1) is 15.0. The summed E-state index contributed by atoms with van der Waals surface area (Å²) >= 11 is 6.27. The molecule has 6 heteroatoms. The topological polar surface area (TPSA) is 43.2 Å². The van der Waals surface area contributed by atoms with Gasteiger partial charge in [-0.2, -0.15) is 5.10 Å². The van der Waals surface area contributed by atoms with E-state index in [2.05, 4.69) is 28.5 Å². The maximum atomic E-state index is 6.27. The normalized spacial score (nSPS) is 25.0. The quantitative estimate of drug-likeness (QED) is 0.631. The second kappa shape index (κ2) is 5.80. The van der Waals surface area contributed by atoms with Gasteiger partial charge < -0.3 is 9.64 Å². The number of nitrogens with zero attached hydrogens (tertiary/aromatic N) is 4. The van der Waals surface area contributed by atoms with Gasteiger partial charge in [0.05, 0.1) is 23.4 Å². The molecular formula is C17H21ClN4O. The fraction of sp³-hybridized carbons (Fsp3) is 0.529. The van der Waals surface area contributed by atoms with Gasteiger partial charge in [0.2, 0.25) is 0 Å². The molecule has 0 bridgehead atoms. The SMILES string of the molecule is C=CC1CN(c2cc(Cl)nc3c2cnn3C2CCC(CC)O2)C1. The van der Waals surface area contributed by atoms with Crippen molar-refractivity contribution in [1.29, 1.82) is 0 Å². The molecule has 2 unspecified atom stereocenters. The zero-order valence-electron chi connectivity index (χ0n) is 13.3. The first-order chi connectivity index (χ1) is 11.2. The van der Waals surface area contributed by atoms with E-state index in [4.69, 9.17) is 16.3 Å². The van der Waals surface area contributed by atoms with E-state index >= 15 is 0 Å². The molecule has 2 aromatic rings. The van der Waals surface area contributed by atoms with Crippen LogP contribution in [0.4, 0.5) is 5.69 Å². The molecule has 0 spiro atoms. The zero-order valence-corrected chi connectivity index (χ0v) is 14.0. The Labute approximate surface area is 140 Å². The minimum atomic E-state index is -0.0337. The minimum absolute atomic E-state index is 0.0337. The van der Waals surface area contributed by atoms with E-state index in [1.54, 1.807) is 0 Å². The van der Waals surface area contributed by atoms with Gasteiger partial charge in [0.25, 0.3) is 0 Å². The zero-order chi connectivity index (χ0) is 16.0. The number of aromatic nitrogens is 3. The highest BCUT2D eigenvalue weighted by Crippen LogP contribution is 2.36. The van der Waals surface area contributed by atoms with Crippen molar-refractivity contribution in [2.75, 3.05) is 18.0 Å². The summed E-state index contributed by atoms with van der Waals surface area (Å²) in [4.78, 5) is 6.81. The van der Waals surface area contributed by atoms with Gasteiger partial charge in [-0.25, -0.2) is 9.67 Å². The second-order valence-electron chi connectivity index (χ2n) is 6.39. The lowest BCUT2D eigenvalue weighted by Gasteiger charge is -2.39. The summed E-state index contributed by atoms with van der Waals surface area (Å²) < 4.78 is 7.96. The lowest BCUT2D eigenvalue weighted by molar-refractivity contribution is -0.00402. The Morgan fingerprint density at radius 1 is 1.43 bits per heavy atom. The van der Waals surface area contributed by atoms with Crippen LogP contribution < -0.4 is 4.90 Å². The fourth-order valence-corrected chi connectivity index (χ4v) is 3.65.